The second kappa shape index (κ2) is 10.3. The summed E-state index contributed by atoms with van der Waals surface area (Å²) in [5.41, 5.74) is 0. The number of thiophene rings is 2. The molecule has 1 saturated heterocycles. The van der Waals surface area contributed by atoms with Crippen LogP contribution in [0.15, 0.2) is 35.0 Å². The molecule has 3 nitrogen and oxygen atoms in total. The summed E-state index contributed by atoms with van der Waals surface area (Å²) in [6.45, 7) is 5.88. The lowest BCUT2D eigenvalue weighted by atomic mass is 9.85. The van der Waals surface area contributed by atoms with Crippen LogP contribution in [0.4, 0.5) is 0 Å². The van der Waals surface area contributed by atoms with Crippen LogP contribution in [0.5, 0.6) is 0 Å². The van der Waals surface area contributed by atoms with Crippen molar-refractivity contribution < 1.29 is 4.79 Å². The van der Waals surface area contributed by atoms with E-state index in [1.54, 1.807) is 22.7 Å². The topological polar surface area (TPSA) is 32.3 Å². The third-order valence-corrected chi connectivity index (χ3v) is 6.56. The number of carbonyl (C=O) groups is 1. The Morgan fingerprint density at radius 3 is 2.36 bits per heavy atom. The van der Waals surface area contributed by atoms with Gasteiger partial charge in [0, 0.05) is 16.2 Å². The first-order valence-corrected chi connectivity index (χ1v) is 10.5. The summed E-state index contributed by atoms with van der Waals surface area (Å²) in [6, 6.07) is 8.36. The minimum atomic E-state index is 0. The van der Waals surface area contributed by atoms with Crippen LogP contribution in [-0.2, 0) is 17.9 Å². The summed E-state index contributed by atoms with van der Waals surface area (Å²) in [5, 5.41) is 7.63. The second-order valence-electron chi connectivity index (χ2n) is 6.70. The highest BCUT2D eigenvalue weighted by molar-refractivity contribution is 7.10. The molecule has 2 aromatic heterocycles. The average Bonchev–Trinajstić information content (AvgIpc) is 3.29. The number of carbonyl (C=O) groups excluding carboxylic acids is 1. The van der Waals surface area contributed by atoms with Gasteiger partial charge in [-0.1, -0.05) is 19.1 Å². The Balaban J connectivity index is 0.00000225. The Bertz CT molecular complexity index is 573. The molecule has 0 aliphatic carbocycles. The van der Waals surface area contributed by atoms with Crippen LogP contribution in [0.2, 0.25) is 0 Å². The first-order chi connectivity index (χ1) is 11.7. The molecule has 0 aromatic carbocycles. The zero-order chi connectivity index (χ0) is 16.8. The smallest absolute Gasteiger partial charge is 0.223 e. The van der Waals surface area contributed by atoms with E-state index in [1.165, 1.54) is 22.6 Å². The Labute approximate surface area is 164 Å². The van der Waals surface area contributed by atoms with Gasteiger partial charge in [-0.3, -0.25) is 4.79 Å². The van der Waals surface area contributed by atoms with Gasteiger partial charge in [0.2, 0.25) is 5.91 Å². The van der Waals surface area contributed by atoms with Crippen LogP contribution in [0.3, 0.4) is 0 Å². The third-order valence-electron chi connectivity index (χ3n) is 4.84. The predicted molar refractivity (Wildman–Crippen MR) is 110 cm³/mol. The molecule has 2 aromatic rings. The van der Waals surface area contributed by atoms with Gasteiger partial charge in [0.05, 0.1) is 13.1 Å². The van der Waals surface area contributed by atoms with Crippen molar-refractivity contribution in [1.82, 2.24) is 10.2 Å². The molecule has 2 unspecified atom stereocenters. The van der Waals surface area contributed by atoms with Gasteiger partial charge in [-0.05, 0) is 60.7 Å². The van der Waals surface area contributed by atoms with Crippen LogP contribution in [0.25, 0.3) is 0 Å². The van der Waals surface area contributed by atoms with E-state index in [4.69, 9.17) is 0 Å². The second-order valence-corrected chi connectivity index (χ2v) is 8.76. The van der Waals surface area contributed by atoms with Gasteiger partial charge in [0.15, 0.2) is 0 Å². The van der Waals surface area contributed by atoms with Crippen molar-refractivity contribution in [3.63, 3.8) is 0 Å². The number of nitrogens with zero attached hydrogens (tertiary/aromatic N) is 1. The molecule has 3 rings (SSSR count). The van der Waals surface area contributed by atoms with Crippen LogP contribution in [0, 0.1) is 11.8 Å². The monoisotopic (exact) mass is 398 g/mol. The van der Waals surface area contributed by atoms with E-state index in [-0.39, 0.29) is 18.3 Å². The van der Waals surface area contributed by atoms with E-state index >= 15 is 0 Å². The molecule has 1 aliphatic rings. The third kappa shape index (κ3) is 6.10. The van der Waals surface area contributed by atoms with Crippen molar-refractivity contribution in [2.24, 2.45) is 11.8 Å². The van der Waals surface area contributed by atoms with Gasteiger partial charge in [0.25, 0.3) is 0 Å². The number of hydrogen-bond acceptors (Lipinski definition) is 4. The van der Waals surface area contributed by atoms with Crippen LogP contribution in [0.1, 0.15) is 35.9 Å². The average molecular weight is 399 g/mol. The predicted octanol–water partition coefficient (Wildman–Crippen LogP) is 4.79. The zero-order valence-electron chi connectivity index (χ0n) is 14.6. The Morgan fingerprint density at radius 2 is 1.88 bits per heavy atom. The SMILES string of the molecule is CC(CC(=O)N(Cc1cccs1)Cc1cccs1)C1CCCNC1.Cl. The molecular formula is C19H27ClN2OS2. The van der Waals surface area contributed by atoms with E-state index in [1.807, 2.05) is 4.90 Å². The lowest BCUT2D eigenvalue weighted by Gasteiger charge is -2.30. The lowest BCUT2D eigenvalue weighted by molar-refractivity contribution is -0.133. The highest BCUT2D eigenvalue weighted by atomic mass is 35.5. The quantitative estimate of drug-likeness (QED) is 0.727. The number of amides is 1. The largest absolute Gasteiger partial charge is 0.332 e. The molecule has 2 atom stereocenters. The fourth-order valence-electron chi connectivity index (χ4n) is 3.35. The van der Waals surface area contributed by atoms with Crippen molar-refractivity contribution in [3.05, 3.63) is 44.8 Å². The molecule has 0 saturated carbocycles. The molecule has 1 fully saturated rings. The van der Waals surface area contributed by atoms with E-state index in [0.717, 1.165) is 26.2 Å². The summed E-state index contributed by atoms with van der Waals surface area (Å²) < 4.78 is 0. The normalized spacial score (nSPS) is 18.4. The highest BCUT2D eigenvalue weighted by Crippen LogP contribution is 2.25. The van der Waals surface area contributed by atoms with E-state index in [0.29, 0.717) is 18.3 Å². The number of nitrogens with one attached hydrogen (secondary N) is 1. The number of hydrogen-bond donors (Lipinski definition) is 1. The lowest BCUT2D eigenvalue weighted by Crippen LogP contribution is -2.36. The minimum absolute atomic E-state index is 0. The molecule has 0 spiro atoms. The maximum atomic E-state index is 13.0. The van der Waals surface area contributed by atoms with Crippen molar-refractivity contribution in [3.8, 4) is 0 Å². The van der Waals surface area contributed by atoms with Gasteiger partial charge in [-0.15, -0.1) is 35.1 Å². The maximum absolute atomic E-state index is 13.0. The van der Waals surface area contributed by atoms with Gasteiger partial charge >= 0.3 is 0 Å². The molecular weight excluding hydrogens is 372 g/mol. The molecule has 1 amide bonds. The van der Waals surface area contributed by atoms with Gasteiger partial charge in [0.1, 0.15) is 0 Å². The van der Waals surface area contributed by atoms with E-state index in [2.05, 4.69) is 47.3 Å². The summed E-state index contributed by atoms with van der Waals surface area (Å²) in [5.74, 6) is 1.36. The molecule has 6 heteroatoms. The molecule has 0 bridgehead atoms. The van der Waals surface area contributed by atoms with E-state index < -0.39 is 0 Å². The summed E-state index contributed by atoms with van der Waals surface area (Å²) in [6.07, 6.45) is 3.14. The van der Waals surface area contributed by atoms with Crippen molar-refractivity contribution >= 4 is 41.0 Å². The first kappa shape index (κ1) is 20.4. The van der Waals surface area contributed by atoms with Gasteiger partial charge < -0.3 is 10.2 Å². The zero-order valence-corrected chi connectivity index (χ0v) is 17.1. The van der Waals surface area contributed by atoms with Gasteiger partial charge in [-0.25, -0.2) is 0 Å². The van der Waals surface area contributed by atoms with E-state index in [9.17, 15) is 4.79 Å². The van der Waals surface area contributed by atoms with Crippen molar-refractivity contribution in [2.45, 2.75) is 39.3 Å². The summed E-state index contributed by atoms with van der Waals surface area (Å²) in [7, 11) is 0. The molecule has 1 N–H and O–H groups in total. The first-order valence-electron chi connectivity index (χ1n) is 8.75. The van der Waals surface area contributed by atoms with Crippen molar-refractivity contribution in [1.29, 1.82) is 0 Å². The van der Waals surface area contributed by atoms with Crippen LogP contribution in [-0.4, -0.2) is 23.9 Å². The molecule has 138 valence electrons. The molecule has 0 radical (unpaired) electrons. The maximum Gasteiger partial charge on any atom is 0.223 e. The number of halogens is 1. The minimum Gasteiger partial charge on any atom is -0.332 e. The fourth-order valence-corrected chi connectivity index (χ4v) is 4.79. The summed E-state index contributed by atoms with van der Waals surface area (Å²) >= 11 is 3.46. The van der Waals surface area contributed by atoms with Crippen LogP contribution >= 0.6 is 35.1 Å². The van der Waals surface area contributed by atoms with Gasteiger partial charge in [-0.2, -0.15) is 0 Å². The Kier molecular flexibility index (Phi) is 8.43. The molecule has 25 heavy (non-hydrogen) atoms. The number of piperidine rings is 1. The Morgan fingerprint density at radius 1 is 1.24 bits per heavy atom. The fraction of sp³-hybridized carbons (Fsp3) is 0.526. The molecule has 1 aliphatic heterocycles. The van der Waals surface area contributed by atoms with Crippen molar-refractivity contribution in [2.75, 3.05) is 13.1 Å². The Hall–Kier alpha value is -0.880. The summed E-state index contributed by atoms with van der Waals surface area (Å²) in [4.78, 5) is 17.5. The number of rotatable bonds is 7. The van der Waals surface area contributed by atoms with Crippen LogP contribution < -0.4 is 5.32 Å². The highest BCUT2D eigenvalue weighted by Gasteiger charge is 2.24. The standard InChI is InChI=1S/C19H26N2OS2.ClH/c1-15(16-5-2-8-20-12-16)11-19(22)21(13-17-6-3-9-23-17)14-18-7-4-10-24-18;/h3-4,6-7,9-10,15-16,20H,2,5,8,11-14H2,1H3;1H. The molecule has 3 heterocycles.